The van der Waals surface area contributed by atoms with Crippen LogP contribution in [0.25, 0.3) is 0 Å². The number of nitrogens with zero attached hydrogens (tertiary/aromatic N) is 2. The van der Waals surface area contributed by atoms with Crippen LogP contribution in [0.5, 0.6) is 0 Å². The molecule has 0 heterocycles. The van der Waals surface area contributed by atoms with Gasteiger partial charge in [0, 0.05) is 26.6 Å². The van der Waals surface area contributed by atoms with Gasteiger partial charge in [0.15, 0.2) is 0 Å². The van der Waals surface area contributed by atoms with Gasteiger partial charge in [0.2, 0.25) is 11.8 Å². The smallest absolute Gasteiger partial charge is 0.224 e. The molecule has 0 atom stereocenters. The van der Waals surface area contributed by atoms with Crippen LogP contribution < -0.4 is 5.32 Å². The van der Waals surface area contributed by atoms with Gasteiger partial charge < -0.3 is 10.2 Å². The Hall–Kier alpha value is -3.13. The molecule has 0 aliphatic carbocycles. The summed E-state index contributed by atoms with van der Waals surface area (Å²) in [7, 11) is 1.73. The zero-order chi connectivity index (χ0) is 18.1. The fourth-order valence-electron chi connectivity index (χ4n) is 2.39. The fraction of sp³-hybridized carbons (Fsp3) is 0.250. The molecule has 128 valence electrons. The molecule has 1 N–H and O–H groups in total. The Balaban J connectivity index is 1.71. The van der Waals surface area contributed by atoms with Gasteiger partial charge >= 0.3 is 0 Å². The van der Waals surface area contributed by atoms with E-state index in [4.69, 9.17) is 5.26 Å². The second kappa shape index (κ2) is 9.24. The average Bonchev–Trinajstić information content (AvgIpc) is 2.63. The minimum atomic E-state index is -0.0891. The van der Waals surface area contributed by atoms with Crippen LogP contribution in [0.3, 0.4) is 0 Å². The van der Waals surface area contributed by atoms with Crippen molar-refractivity contribution >= 4 is 11.8 Å². The number of amides is 2. The summed E-state index contributed by atoms with van der Waals surface area (Å²) in [6.45, 7) is 0.796. The van der Waals surface area contributed by atoms with E-state index in [0.29, 0.717) is 25.1 Å². The third kappa shape index (κ3) is 6.11. The SMILES string of the molecule is CN(Cc1ccc(C#N)cc1)C(=O)CCNC(=O)Cc1ccccc1. The van der Waals surface area contributed by atoms with Gasteiger partial charge in [-0.2, -0.15) is 5.26 Å². The molecule has 2 aromatic carbocycles. The Morgan fingerprint density at radius 1 is 1.04 bits per heavy atom. The number of carbonyl (C=O) groups excluding carboxylic acids is 2. The zero-order valence-corrected chi connectivity index (χ0v) is 14.2. The zero-order valence-electron chi connectivity index (χ0n) is 14.2. The predicted octanol–water partition coefficient (Wildman–Crippen LogP) is 2.27. The summed E-state index contributed by atoms with van der Waals surface area (Å²) in [6.07, 6.45) is 0.573. The third-order valence-corrected chi connectivity index (χ3v) is 3.80. The first-order valence-electron chi connectivity index (χ1n) is 8.12. The molecule has 0 aliphatic rings. The molecule has 25 heavy (non-hydrogen) atoms. The number of nitriles is 1. The van der Waals surface area contributed by atoms with E-state index in [9.17, 15) is 9.59 Å². The Bertz CT molecular complexity index is 749. The van der Waals surface area contributed by atoms with Crippen molar-refractivity contribution in [3.8, 4) is 6.07 Å². The van der Waals surface area contributed by atoms with E-state index in [0.717, 1.165) is 11.1 Å². The van der Waals surface area contributed by atoms with Gasteiger partial charge in [-0.1, -0.05) is 42.5 Å². The normalized spacial score (nSPS) is 9.92. The maximum absolute atomic E-state index is 12.1. The van der Waals surface area contributed by atoms with Gasteiger partial charge in [-0.25, -0.2) is 0 Å². The number of hydrogen-bond acceptors (Lipinski definition) is 3. The lowest BCUT2D eigenvalue weighted by Gasteiger charge is -2.17. The summed E-state index contributed by atoms with van der Waals surface area (Å²) in [4.78, 5) is 25.6. The summed E-state index contributed by atoms with van der Waals surface area (Å²) in [5.74, 6) is -0.127. The highest BCUT2D eigenvalue weighted by Crippen LogP contribution is 2.07. The van der Waals surface area contributed by atoms with Crippen LogP contribution in [-0.2, 0) is 22.6 Å². The van der Waals surface area contributed by atoms with E-state index < -0.39 is 0 Å². The molecule has 2 amide bonds. The van der Waals surface area contributed by atoms with Gasteiger partial charge in [0.25, 0.3) is 0 Å². The summed E-state index contributed by atoms with van der Waals surface area (Å²) >= 11 is 0. The van der Waals surface area contributed by atoms with E-state index in [1.54, 1.807) is 24.1 Å². The first kappa shape index (κ1) is 18.2. The van der Waals surface area contributed by atoms with Gasteiger partial charge in [0.05, 0.1) is 18.1 Å². The van der Waals surface area contributed by atoms with Crippen molar-refractivity contribution in [1.82, 2.24) is 10.2 Å². The average molecular weight is 335 g/mol. The number of rotatable bonds is 7. The number of hydrogen-bond donors (Lipinski definition) is 1. The lowest BCUT2D eigenvalue weighted by molar-refractivity contribution is -0.130. The van der Waals surface area contributed by atoms with Crippen molar-refractivity contribution < 1.29 is 9.59 Å². The highest BCUT2D eigenvalue weighted by Gasteiger charge is 2.10. The monoisotopic (exact) mass is 335 g/mol. The second-order valence-corrected chi connectivity index (χ2v) is 5.82. The van der Waals surface area contributed by atoms with E-state index in [1.165, 1.54) is 0 Å². The lowest BCUT2D eigenvalue weighted by Crippen LogP contribution is -2.32. The Kier molecular flexibility index (Phi) is 6.73. The molecule has 5 nitrogen and oxygen atoms in total. The highest BCUT2D eigenvalue weighted by atomic mass is 16.2. The van der Waals surface area contributed by atoms with Gasteiger partial charge in [-0.3, -0.25) is 9.59 Å². The Morgan fingerprint density at radius 3 is 2.36 bits per heavy atom. The standard InChI is InChI=1S/C20H21N3O2/c1-23(15-18-9-7-17(14-21)8-10-18)20(25)11-12-22-19(24)13-16-5-3-2-4-6-16/h2-10H,11-13,15H2,1H3,(H,22,24). The number of nitrogens with one attached hydrogen (secondary N) is 1. The Morgan fingerprint density at radius 2 is 1.72 bits per heavy atom. The van der Waals surface area contributed by atoms with Crippen molar-refractivity contribution in [2.45, 2.75) is 19.4 Å². The minimum absolute atomic E-state index is 0.0376. The molecule has 0 spiro atoms. The summed E-state index contributed by atoms with van der Waals surface area (Å²) in [5.41, 5.74) is 2.51. The molecule has 2 aromatic rings. The van der Waals surface area contributed by atoms with Crippen molar-refractivity contribution in [3.63, 3.8) is 0 Å². The van der Waals surface area contributed by atoms with Crippen LogP contribution >= 0.6 is 0 Å². The molecule has 0 radical (unpaired) electrons. The van der Waals surface area contributed by atoms with E-state index in [2.05, 4.69) is 11.4 Å². The fourth-order valence-corrected chi connectivity index (χ4v) is 2.39. The van der Waals surface area contributed by atoms with E-state index in [1.807, 2.05) is 42.5 Å². The van der Waals surface area contributed by atoms with Crippen LogP contribution in [0, 0.1) is 11.3 Å². The van der Waals surface area contributed by atoms with Crippen molar-refractivity contribution in [3.05, 3.63) is 71.3 Å². The molecular formula is C20H21N3O2. The first-order valence-corrected chi connectivity index (χ1v) is 8.12. The van der Waals surface area contributed by atoms with Crippen LogP contribution in [-0.4, -0.2) is 30.3 Å². The van der Waals surface area contributed by atoms with Crippen molar-refractivity contribution in [2.24, 2.45) is 0 Å². The molecule has 5 heteroatoms. The predicted molar refractivity (Wildman–Crippen MR) is 95.4 cm³/mol. The molecular weight excluding hydrogens is 314 g/mol. The van der Waals surface area contributed by atoms with Crippen LogP contribution in [0.2, 0.25) is 0 Å². The van der Waals surface area contributed by atoms with Gasteiger partial charge in [0.1, 0.15) is 0 Å². The van der Waals surface area contributed by atoms with Gasteiger partial charge in [-0.05, 0) is 23.3 Å². The second-order valence-electron chi connectivity index (χ2n) is 5.82. The van der Waals surface area contributed by atoms with Crippen LogP contribution in [0.4, 0.5) is 0 Å². The van der Waals surface area contributed by atoms with Crippen LogP contribution in [0.15, 0.2) is 54.6 Å². The van der Waals surface area contributed by atoms with Crippen molar-refractivity contribution in [2.75, 3.05) is 13.6 Å². The summed E-state index contributed by atoms with van der Waals surface area (Å²) in [5, 5.41) is 11.6. The molecule has 0 saturated heterocycles. The van der Waals surface area contributed by atoms with E-state index in [-0.39, 0.29) is 18.2 Å². The number of benzene rings is 2. The molecule has 0 unspecified atom stereocenters. The Labute approximate surface area is 147 Å². The summed E-state index contributed by atoms with van der Waals surface area (Å²) < 4.78 is 0. The third-order valence-electron chi connectivity index (χ3n) is 3.80. The van der Waals surface area contributed by atoms with E-state index >= 15 is 0 Å². The largest absolute Gasteiger partial charge is 0.355 e. The highest BCUT2D eigenvalue weighted by molar-refractivity contribution is 5.80. The van der Waals surface area contributed by atoms with Gasteiger partial charge in [-0.15, -0.1) is 0 Å². The summed E-state index contributed by atoms with van der Waals surface area (Å²) in [6, 6.07) is 18.7. The maximum atomic E-state index is 12.1. The van der Waals surface area contributed by atoms with Crippen LogP contribution in [0.1, 0.15) is 23.1 Å². The molecule has 0 aromatic heterocycles. The maximum Gasteiger partial charge on any atom is 0.224 e. The van der Waals surface area contributed by atoms with Crippen molar-refractivity contribution in [1.29, 1.82) is 5.26 Å². The molecule has 0 aliphatic heterocycles. The quantitative estimate of drug-likeness (QED) is 0.843. The molecule has 2 rings (SSSR count). The topological polar surface area (TPSA) is 73.2 Å². The molecule has 0 fully saturated rings. The lowest BCUT2D eigenvalue weighted by atomic mass is 10.1. The molecule has 0 bridgehead atoms. The minimum Gasteiger partial charge on any atom is -0.355 e. The first-order chi connectivity index (χ1) is 12.1. The molecule has 0 saturated carbocycles. The number of carbonyl (C=O) groups is 2.